The van der Waals surface area contributed by atoms with Crippen molar-refractivity contribution in [3.8, 4) is 5.75 Å². The Balaban J connectivity index is 1.71. The lowest BCUT2D eigenvalue weighted by molar-refractivity contribution is -0.122. The van der Waals surface area contributed by atoms with Gasteiger partial charge in [0.2, 0.25) is 5.78 Å². The first-order valence-corrected chi connectivity index (χ1v) is 9.75. The summed E-state index contributed by atoms with van der Waals surface area (Å²) in [7, 11) is 0. The molecule has 0 unspecified atom stereocenters. The SMILES string of the molecule is CCNC(=O)COc1ccc(/C=C/C(=O)c2oc3ccc(C)cc3c2CC)cc1. The first-order valence-electron chi connectivity index (χ1n) is 9.75. The third-order valence-corrected chi connectivity index (χ3v) is 4.57. The van der Waals surface area contributed by atoms with E-state index in [1.165, 1.54) is 6.08 Å². The molecular weight excluding hydrogens is 366 g/mol. The molecule has 1 amide bonds. The molecule has 2 aromatic carbocycles. The van der Waals surface area contributed by atoms with E-state index in [-0.39, 0.29) is 18.3 Å². The molecule has 0 aliphatic carbocycles. The molecule has 0 saturated carbocycles. The van der Waals surface area contributed by atoms with Crippen molar-refractivity contribution in [1.82, 2.24) is 5.32 Å². The van der Waals surface area contributed by atoms with Gasteiger partial charge in [-0.25, -0.2) is 0 Å². The molecule has 0 aliphatic heterocycles. The number of carbonyl (C=O) groups is 2. The zero-order valence-corrected chi connectivity index (χ0v) is 17.0. The van der Waals surface area contributed by atoms with Crippen LogP contribution < -0.4 is 10.1 Å². The molecule has 0 aliphatic rings. The molecule has 1 N–H and O–H groups in total. The normalized spacial score (nSPS) is 11.1. The average molecular weight is 391 g/mol. The zero-order valence-electron chi connectivity index (χ0n) is 17.0. The predicted octanol–water partition coefficient (Wildman–Crippen LogP) is 4.71. The molecule has 0 bridgehead atoms. The Morgan fingerprint density at radius 3 is 2.55 bits per heavy atom. The van der Waals surface area contributed by atoms with Gasteiger partial charge in [-0.15, -0.1) is 0 Å². The standard InChI is InChI=1S/C24H25NO4/c1-4-19-20-14-16(3)6-13-22(20)29-24(19)21(26)12-9-17-7-10-18(11-8-17)28-15-23(27)25-5-2/h6-14H,4-5,15H2,1-3H3,(H,25,27)/b12-9+. The molecule has 0 spiro atoms. The molecule has 29 heavy (non-hydrogen) atoms. The summed E-state index contributed by atoms with van der Waals surface area (Å²) >= 11 is 0. The van der Waals surface area contributed by atoms with Crippen molar-refractivity contribution in [2.24, 2.45) is 0 Å². The van der Waals surface area contributed by atoms with Crippen LogP contribution in [0.1, 0.15) is 41.1 Å². The number of carbonyl (C=O) groups excluding carboxylic acids is 2. The van der Waals surface area contributed by atoms with Gasteiger partial charge >= 0.3 is 0 Å². The highest BCUT2D eigenvalue weighted by atomic mass is 16.5. The Kier molecular flexibility index (Phi) is 6.50. The van der Waals surface area contributed by atoms with Gasteiger partial charge in [-0.3, -0.25) is 9.59 Å². The van der Waals surface area contributed by atoms with Crippen LogP contribution in [0.2, 0.25) is 0 Å². The lowest BCUT2D eigenvalue weighted by Crippen LogP contribution is -2.28. The van der Waals surface area contributed by atoms with Crippen molar-refractivity contribution in [3.05, 3.63) is 71.0 Å². The number of allylic oxidation sites excluding steroid dienone is 1. The number of fused-ring (bicyclic) bond motifs is 1. The highest BCUT2D eigenvalue weighted by Gasteiger charge is 2.17. The quantitative estimate of drug-likeness (QED) is 0.446. The van der Waals surface area contributed by atoms with E-state index in [2.05, 4.69) is 11.4 Å². The minimum Gasteiger partial charge on any atom is -0.484 e. The lowest BCUT2D eigenvalue weighted by Gasteiger charge is -2.06. The van der Waals surface area contributed by atoms with E-state index in [9.17, 15) is 9.59 Å². The number of hydrogen-bond donors (Lipinski definition) is 1. The number of nitrogens with one attached hydrogen (secondary N) is 1. The van der Waals surface area contributed by atoms with E-state index >= 15 is 0 Å². The Morgan fingerprint density at radius 2 is 1.86 bits per heavy atom. The maximum absolute atomic E-state index is 12.7. The highest BCUT2D eigenvalue weighted by molar-refractivity contribution is 6.08. The van der Waals surface area contributed by atoms with Gasteiger partial charge in [-0.2, -0.15) is 0 Å². The number of amides is 1. The predicted molar refractivity (Wildman–Crippen MR) is 114 cm³/mol. The van der Waals surface area contributed by atoms with Crippen LogP contribution in [0.3, 0.4) is 0 Å². The first kappa shape index (κ1) is 20.4. The molecular formula is C24H25NO4. The number of hydrogen-bond acceptors (Lipinski definition) is 4. The average Bonchev–Trinajstić information content (AvgIpc) is 3.09. The van der Waals surface area contributed by atoms with Crippen molar-refractivity contribution < 1.29 is 18.7 Å². The summed E-state index contributed by atoms with van der Waals surface area (Å²) in [5.74, 6) is 0.675. The summed E-state index contributed by atoms with van der Waals surface area (Å²) in [5, 5.41) is 3.67. The third kappa shape index (κ3) is 4.93. The van der Waals surface area contributed by atoms with Crippen LogP contribution >= 0.6 is 0 Å². The fourth-order valence-electron chi connectivity index (χ4n) is 3.13. The minimum absolute atomic E-state index is 0.0210. The van der Waals surface area contributed by atoms with Gasteiger partial charge in [0.05, 0.1) is 0 Å². The van der Waals surface area contributed by atoms with Crippen LogP contribution in [0.5, 0.6) is 5.75 Å². The van der Waals surface area contributed by atoms with E-state index in [1.807, 2.05) is 45.0 Å². The van der Waals surface area contributed by atoms with E-state index in [0.29, 0.717) is 18.1 Å². The molecule has 0 saturated heterocycles. The van der Waals surface area contributed by atoms with Gasteiger partial charge in [0.1, 0.15) is 11.3 Å². The monoisotopic (exact) mass is 391 g/mol. The van der Waals surface area contributed by atoms with Crippen LogP contribution in [0.25, 0.3) is 17.0 Å². The summed E-state index contributed by atoms with van der Waals surface area (Å²) in [6.07, 6.45) is 3.99. The van der Waals surface area contributed by atoms with Crippen LogP contribution in [-0.4, -0.2) is 24.8 Å². The van der Waals surface area contributed by atoms with Crippen molar-refractivity contribution >= 4 is 28.7 Å². The van der Waals surface area contributed by atoms with Gasteiger partial charge in [-0.05, 0) is 56.2 Å². The molecule has 1 heterocycles. The molecule has 1 aromatic heterocycles. The summed E-state index contributed by atoms with van der Waals surface area (Å²) in [5.41, 5.74) is 3.66. The maximum atomic E-state index is 12.7. The lowest BCUT2D eigenvalue weighted by atomic mass is 10.0. The van der Waals surface area contributed by atoms with Crippen molar-refractivity contribution in [1.29, 1.82) is 0 Å². The number of rotatable bonds is 8. The second kappa shape index (κ2) is 9.24. The molecule has 5 heteroatoms. The Labute approximate surface area is 170 Å². The number of ether oxygens (including phenoxy) is 1. The minimum atomic E-state index is -0.160. The fourth-order valence-corrected chi connectivity index (χ4v) is 3.13. The Morgan fingerprint density at radius 1 is 1.10 bits per heavy atom. The largest absolute Gasteiger partial charge is 0.484 e. The van der Waals surface area contributed by atoms with E-state index < -0.39 is 0 Å². The fraction of sp³-hybridized carbons (Fsp3) is 0.250. The third-order valence-electron chi connectivity index (χ3n) is 4.57. The van der Waals surface area contributed by atoms with Gasteiger partial charge in [0, 0.05) is 17.5 Å². The Hall–Kier alpha value is -3.34. The van der Waals surface area contributed by atoms with Gasteiger partial charge in [0.25, 0.3) is 5.91 Å². The number of aryl methyl sites for hydroxylation is 2. The van der Waals surface area contributed by atoms with Crippen LogP contribution in [0.4, 0.5) is 0 Å². The summed E-state index contributed by atoms with van der Waals surface area (Å²) < 4.78 is 11.3. The summed E-state index contributed by atoms with van der Waals surface area (Å²) in [6.45, 7) is 6.46. The van der Waals surface area contributed by atoms with Crippen LogP contribution in [0, 0.1) is 6.92 Å². The molecule has 3 aromatic rings. The number of ketones is 1. The topological polar surface area (TPSA) is 68.5 Å². The molecule has 0 fully saturated rings. The molecule has 3 rings (SSSR count). The van der Waals surface area contributed by atoms with Crippen molar-refractivity contribution in [2.45, 2.75) is 27.2 Å². The Bertz CT molecular complexity index is 1040. The zero-order chi connectivity index (χ0) is 20.8. The molecule has 5 nitrogen and oxygen atoms in total. The summed E-state index contributed by atoms with van der Waals surface area (Å²) in [4.78, 5) is 24.1. The van der Waals surface area contributed by atoms with Crippen LogP contribution in [-0.2, 0) is 11.2 Å². The van der Waals surface area contributed by atoms with E-state index in [1.54, 1.807) is 18.2 Å². The van der Waals surface area contributed by atoms with Crippen molar-refractivity contribution in [3.63, 3.8) is 0 Å². The number of likely N-dealkylation sites (N-methyl/N-ethyl adjacent to an activating group) is 1. The van der Waals surface area contributed by atoms with E-state index in [4.69, 9.17) is 9.15 Å². The van der Waals surface area contributed by atoms with Gasteiger partial charge < -0.3 is 14.5 Å². The molecule has 150 valence electrons. The summed E-state index contributed by atoms with van der Waals surface area (Å²) in [6, 6.07) is 13.1. The second-order valence-electron chi connectivity index (χ2n) is 6.77. The maximum Gasteiger partial charge on any atom is 0.257 e. The second-order valence-corrected chi connectivity index (χ2v) is 6.77. The van der Waals surface area contributed by atoms with E-state index in [0.717, 1.165) is 34.1 Å². The molecule has 0 radical (unpaired) electrons. The highest BCUT2D eigenvalue weighted by Crippen LogP contribution is 2.28. The van der Waals surface area contributed by atoms with Gasteiger partial charge in [-0.1, -0.05) is 36.8 Å². The van der Waals surface area contributed by atoms with Crippen LogP contribution in [0.15, 0.2) is 53.0 Å². The smallest absolute Gasteiger partial charge is 0.257 e. The van der Waals surface area contributed by atoms with Gasteiger partial charge in [0.15, 0.2) is 12.4 Å². The first-order chi connectivity index (χ1) is 14.0. The molecule has 0 atom stereocenters. The number of furan rings is 1. The number of benzene rings is 2. The van der Waals surface area contributed by atoms with Crippen molar-refractivity contribution in [2.75, 3.05) is 13.2 Å².